The van der Waals surface area contributed by atoms with Gasteiger partial charge in [-0.3, -0.25) is 4.79 Å². The van der Waals surface area contributed by atoms with E-state index < -0.39 is 0 Å². The number of hydrogen-bond donors (Lipinski definition) is 2. The molecule has 0 bridgehead atoms. The van der Waals surface area contributed by atoms with Crippen LogP contribution in [0.2, 0.25) is 0 Å². The van der Waals surface area contributed by atoms with E-state index in [9.17, 15) is 4.79 Å². The molecule has 3 N–H and O–H groups in total. The Bertz CT molecular complexity index is 573. The van der Waals surface area contributed by atoms with Gasteiger partial charge in [-0.1, -0.05) is 6.07 Å². The van der Waals surface area contributed by atoms with Gasteiger partial charge >= 0.3 is 0 Å². The fraction of sp³-hybridized carbons (Fsp3) is 0.0714. The van der Waals surface area contributed by atoms with Crippen molar-refractivity contribution >= 4 is 34.7 Å². The largest absolute Gasteiger partial charge is 0.397 e. The Morgan fingerprint density at radius 2 is 2.22 bits per heavy atom. The molecule has 3 nitrogen and oxygen atoms in total. The fourth-order valence-electron chi connectivity index (χ4n) is 1.51. The number of amides is 1. The molecule has 4 heteroatoms. The summed E-state index contributed by atoms with van der Waals surface area (Å²) in [5, 5.41) is 6.70. The SMILES string of the molecule is Cc1ccc(NC(=O)/C=C/c2ccsc2)c(N)c1. The third kappa shape index (κ3) is 3.21. The summed E-state index contributed by atoms with van der Waals surface area (Å²) in [7, 11) is 0. The molecular formula is C14H14N2OS. The first-order chi connectivity index (χ1) is 8.65. The van der Waals surface area contributed by atoms with Gasteiger partial charge in [0.2, 0.25) is 5.91 Å². The van der Waals surface area contributed by atoms with Gasteiger partial charge in [0.15, 0.2) is 0 Å². The first-order valence-corrected chi connectivity index (χ1v) is 6.47. The molecule has 0 unspecified atom stereocenters. The van der Waals surface area contributed by atoms with Crippen LogP contribution in [-0.2, 0) is 4.79 Å². The van der Waals surface area contributed by atoms with E-state index in [0.29, 0.717) is 11.4 Å². The molecule has 1 amide bonds. The lowest BCUT2D eigenvalue weighted by atomic mass is 10.2. The molecule has 2 rings (SSSR count). The average Bonchev–Trinajstić information content (AvgIpc) is 2.83. The minimum absolute atomic E-state index is 0.184. The maximum atomic E-state index is 11.7. The van der Waals surface area contributed by atoms with Crippen molar-refractivity contribution in [3.05, 3.63) is 52.2 Å². The highest BCUT2D eigenvalue weighted by Crippen LogP contribution is 2.19. The van der Waals surface area contributed by atoms with Gasteiger partial charge in [-0.05, 0) is 53.1 Å². The smallest absolute Gasteiger partial charge is 0.248 e. The summed E-state index contributed by atoms with van der Waals surface area (Å²) in [4.78, 5) is 11.7. The first kappa shape index (κ1) is 12.4. The van der Waals surface area contributed by atoms with Gasteiger partial charge < -0.3 is 11.1 Å². The minimum Gasteiger partial charge on any atom is -0.397 e. The number of hydrogen-bond acceptors (Lipinski definition) is 3. The van der Waals surface area contributed by atoms with Crippen LogP contribution in [0, 0.1) is 6.92 Å². The minimum atomic E-state index is -0.184. The fourth-order valence-corrected chi connectivity index (χ4v) is 2.14. The highest BCUT2D eigenvalue weighted by atomic mass is 32.1. The van der Waals surface area contributed by atoms with E-state index in [1.54, 1.807) is 23.5 Å². The number of nitrogens with one attached hydrogen (secondary N) is 1. The van der Waals surface area contributed by atoms with Crippen LogP contribution in [0.15, 0.2) is 41.1 Å². The van der Waals surface area contributed by atoms with Crippen molar-refractivity contribution in [2.75, 3.05) is 11.1 Å². The van der Waals surface area contributed by atoms with Crippen LogP contribution in [0.4, 0.5) is 11.4 Å². The number of benzene rings is 1. The molecule has 0 atom stereocenters. The molecule has 0 aliphatic rings. The van der Waals surface area contributed by atoms with Crippen LogP contribution in [0.1, 0.15) is 11.1 Å². The Kier molecular flexibility index (Phi) is 3.79. The molecule has 2 aromatic rings. The van der Waals surface area contributed by atoms with E-state index in [4.69, 9.17) is 5.73 Å². The van der Waals surface area contributed by atoms with Crippen molar-refractivity contribution < 1.29 is 4.79 Å². The Balaban J connectivity index is 2.03. The molecule has 1 aromatic heterocycles. The summed E-state index contributed by atoms with van der Waals surface area (Å²) in [5.74, 6) is -0.184. The van der Waals surface area contributed by atoms with Gasteiger partial charge in [0.1, 0.15) is 0 Å². The number of thiophene rings is 1. The molecule has 92 valence electrons. The van der Waals surface area contributed by atoms with Crippen molar-refractivity contribution in [2.45, 2.75) is 6.92 Å². The van der Waals surface area contributed by atoms with Gasteiger partial charge in [0, 0.05) is 6.08 Å². The van der Waals surface area contributed by atoms with E-state index >= 15 is 0 Å². The summed E-state index contributed by atoms with van der Waals surface area (Å²) < 4.78 is 0. The van der Waals surface area contributed by atoms with E-state index in [1.807, 2.05) is 35.9 Å². The van der Waals surface area contributed by atoms with Crippen molar-refractivity contribution in [1.82, 2.24) is 0 Å². The Hall–Kier alpha value is -2.07. The maximum absolute atomic E-state index is 11.7. The van der Waals surface area contributed by atoms with Gasteiger partial charge in [-0.15, -0.1) is 0 Å². The van der Waals surface area contributed by atoms with E-state index in [0.717, 1.165) is 11.1 Å². The molecule has 0 aliphatic carbocycles. The second kappa shape index (κ2) is 5.51. The van der Waals surface area contributed by atoms with Gasteiger partial charge in [-0.25, -0.2) is 0 Å². The second-order valence-corrected chi connectivity index (χ2v) is 4.75. The zero-order chi connectivity index (χ0) is 13.0. The normalized spacial score (nSPS) is 10.7. The average molecular weight is 258 g/mol. The zero-order valence-corrected chi connectivity index (χ0v) is 10.8. The van der Waals surface area contributed by atoms with Crippen LogP contribution >= 0.6 is 11.3 Å². The summed E-state index contributed by atoms with van der Waals surface area (Å²) in [6.45, 7) is 1.96. The topological polar surface area (TPSA) is 55.1 Å². The molecular weight excluding hydrogens is 244 g/mol. The predicted octanol–water partition coefficient (Wildman–Crippen LogP) is 3.29. The molecule has 0 spiro atoms. The molecule has 0 saturated carbocycles. The predicted molar refractivity (Wildman–Crippen MR) is 77.6 cm³/mol. The van der Waals surface area contributed by atoms with Crippen LogP contribution in [0.25, 0.3) is 6.08 Å². The van der Waals surface area contributed by atoms with Crippen molar-refractivity contribution in [2.24, 2.45) is 0 Å². The number of carbonyl (C=O) groups excluding carboxylic acids is 1. The lowest BCUT2D eigenvalue weighted by Crippen LogP contribution is -2.09. The number of aryl methyl sites for hydroxylation is 1. The summed E-state index contributed by atoms with van der Waals surface area (Å²) in [5.41, 5.74) is 9.13. The highest BCUT2D eigenvalue weighted by molar-refractivity contribution is 7.08. The number of nitrogens with two attached hydrogens (primary N) is 1. The quantitative estimate of drug-likeness (QED) is 0.655. The second-order valence-electron chi connectivity index (χ2n) is 3.97. The molecule has 1 heterocycles. The first-order valence-electron chi connectivity index (χ1n) is 5.52. The summed E-state index contributed by atoms with van der Waals surface area (Å²) >= 11 is 1.60. The van der Waals surface area contributed by atoms with E-state index in [1.165, 1.54) is 6.08 Å². The van der Waals surface area contributed by atoms with Crippen LogP contribution in [0.5, 0.6) is 0 Å². The summed E-state index contributed by atoms with van der Waals surface area (Å²) in [6, 6.07) is 7.50. The molecule has 0 fully saturated rings. The number of rotatable bonds is 3. The molecule has 1 aromatic carbocycles. The molecule has 0 saturated heterocycles. The Labute approximate surface area is 110 Å². The van der Waals surface area contributed by atoms with Gasteiger partial charge in [-0.2, -0.15) is 11.3 Å². The molecule has 0 aliphatic heterocycles. The van der Waals surface area contributed by atoms with Gasteiger partial charge in [0.25, 0.3) is 0 Å². The number of anilines is 2. The maximum Gasteiger partial charge on any atom is 0.248 e. The third-order valence-corrected chi connectivity index (χ3v) is 3.14. The third-order valence-electron chi connectivity index (χ3n) is 2.44. The van der Waals surface area contributed by atoms with E-state index in [2.05, 4.69) is 5.32 Å². The highest BCUT2D eigenvalue weighted by Gasteiger charge is 2.02. The monoisotopic (exact) mass is 258 g/mol. The van der Waals surface area contributed by atoms with Crippen LogP contribution in [0.3, 0.4) is 0 Å². The van der Waals surface area contributed by atoms with Crippen molar-refractivity contribution in [1.29, 1.82) is 0 Å². The van der Waals surface area contributed by atoms with Crippen molar-refractivity contribution in [3.63, 3.8) is 0 Å². The number of nitrogen functional groups attached to an aromatic ring is 1. The number of carbonyl (C=O) groups is 1. The van der Waals surface area contributed by atoms with Gasteiger partial charge in [0.05, 0.1) is 11.4 Å². The lowest BCUT2D eigenvalue weighted by Gasteiger charge is -2.06. The van der Waals surface area contributed by atoms with Crippen molar-refractivity contribution in [3.8, 4) is 0 Å². The summed E-state index contributed by atoms with van der Waals surface area (Å²) in [6.07, 6.45) is 3.28. The Morgan fingerprint density at radius 3 is 2.89 bits per heavy atom. The zero-order valence-electron chi connectivity index (χ0n) is 10.0. The van der Waals surface area contributed by atoms with Crippen LogP contribution < -0.4 is 11.1 Å². The standard InChI is InChI=1S/C14H14N2OS/c1-10-2-4-13(12(15)8-10)16-14(17)5-3-11-6-7-18-9-11/h2-9H,15H2,1H3,(H,16,17)/b5-3+. The van der Waals surface area contributed by atoms with Crippen LogP contribution in [-0.4, -0.2) is 5.91 Å². The van der Waals surface area contributed by atoms with E-state index in [-0.39, 0.29) is 5.91 Å². The molecule has 18 heavy (non-hydrogen) atoms. The Morgan fingerprint density at radius 1 is 1.39 bits per heavy atom. The molecule has 0 radical (unpaired) electrons. The lowest BCUT2D eigenvalue weighted by molar-refractivity contribution is -0.111.